The largest absolute Gasteiger partial charge is 0.504 e. The van der Waals surface area contributed by atoms with E-state index < -0.39 is 23.2 Å². The normalized spacial score (nSPS) is 13.0. The van der Waals surface area contributed by atoms with Crippen LogP contribution in [0.4, 0.5) is 0 Å². The number of ether oxygens (including phenoxy) is 1. The highest BCUT2D eigenvalue weighted by Gasteiger charge is 2.23. The van der Waals surface area contributed by atoms with E-state index in [4.69, 9.17) is 4.74 Å². The van der Waals surface area contributed by atoms with Crippen LogP contribution in [0.1, 0.15) is 23.3 Å². The fraction of sp³-hybridized carbons (Fsp3) is 0.238. The lowest BCUT2D eigenvalue weighted by molar-refractivity contribution is -0.140. The molecule has 0 aromatic heterocycles. The number of rotatable bonds is 9. The number of aromatic hydroxyl groups is 2. The van der Waals surface area contributed by atoms with Gasteiger partial charge in [0.25, 0.3) is 0 Å². The van der Waals surface area contributed by atoms with Crippen LogP contribution in [0.5, 0.6) is 17.2 Å². The average Bonchev–Trinajstić information content (AvgIpc) is 2.69. The predicted molar refractivity (Wildman–Crippen MR) is 112 cm³/mol. The molecule has 0 saturated carbocycles. The number of carboxylic acids is 1. The maximum atomic E-state index is 11.4. The zero-order valence-corrected chi connectivity index (χ0v) is 16.8. The molecule has 0 fully saturated rings. The fourth-order valence-electron chi connectivity index (χ4n) is 2.60. The van der Waals surface area contributed by atoms with Crippen LogP contribution in [0.15, 0.2) is 48.5 Å². The van der Waals surface area contributed by atoms with Crippen LogP contribution < -0.4 is 10.1 Å². The van der Waals surface area contributed by atoms with Crippen molar-refractivity contribution in [3.63, 3.8) is 0 Å². The van der Waals surface area contributed by atoms with Crippen LogP contribution in [0, 0.1) is 0 Å². The zero-order chi connectivity index (χ0) is 21.4. The van der Waals surface area contributed by atoms with Gasteiger partial charge in [0.15, 0.2) is 11.5 Å². The molecule has 2 unspecified atom stereocenters. The van der Waals surface area contributed by atoms with Gasteiger partial charge in [-0.1, -0.05) is 42.5 Å². The van der Waals surface area contributed by atoms with Crippen LogP contribution in [0.2, 0.25) is 0 Å². The fourth-order valence-corrected chi connectivity index (χ4v) is 3.78. The Morgan fingerprint density at radius 1 is 1.17 bits per heavy atom. The smallest absolute Gasteiger partial charge is 0.327 e. The third-order valence-electron chi connectivity index (χ3n) is 4.01. The van der Waals surface area contributed by atoms with Gasteiger partial charge in [0.05, 0.1) is 12.4 Å². The van der Waals surface area contributed by atoms with E-state index in [-0.39, 0.29) is 17.3 Å². The Morgan fingerprint density at radius 3 is 2.41 bits per heavy atom. The predicted octanol–water partition coefficient (Wildman–Crippen LogP) is 3.18. The highest BCUT2D eigenvalue weighted by Crippen LogP contribution is 2.42. The van der Waals surface area contributed by atoms with Crippen molar-refractivity contribution < 1.29 is 29.6 Å². The molecule has 0 radical (unpaired) electrons. The number of methoxy groups -OCH3 is 1. The second-order valence-corrected chi connectivity index (χ2v) is 7.37. The Bertz CT molecular complexity index is 884. The van der Waals surface area contributed by atoms with Gasteiger partial charge in [-0.3, -0.25) is 4.79 Å². The highest BCUT2D eigenvalue weighted by atomic mass is 32.2. The molecule has 29 heavy (non-hydrogen) atoms. The lowest BCUT2D eigenvalue weighted by Gasteiger charge is -2.20. The van der Waals surface area contributed by atoms with Gasteiger partial charge in [-0.25, -0.2) is 4.79 Å². The Kier molecular flexibility index (Phi) is 7.97. The second-order valence-electron chi connectivity index (χ2n) is 6.20. The van der Waals surface area contributed by atoms with Crippen molar-refractivity contribution in [3.8, 4) is 17.2 Å². The number of hydrogen-bond donors (Lipinski definition) is 4. The van der Waals surface area contributed by atoms with Gasteiger partial charge in [0, 0.05) is 24.3 Å². The SMILES string of the molecule is COc1cc(O)c(O)cc1C(/C=C/c1ccccc1)SCC(NC(C)=O)C(=O)O. The van der Waals surface area contributed by atoms with E-state index in [9.17, 15) is 24.9 Å². The number of benzene rings is 2. The number of thioether (sulfide) groups is 1. The quantitative estimate of drug-likeness (QED) is 0.463. The van der Waals surface area contributed by atoms with E-state index in [0.717, 1.165) is 5.56 Å². The number of amides is 1. The van der Waals surface area contributed by atoms with E-state index in [0.29, 0.717) is 11.3 Å². The summed E-state index contributed by atoms with van der Waals surface area (Å²) in [5.74, 6) is -1.77. The Balaban J connectivity index is 2.35. The van der Waals surface area contributed by atoms with E-state index >= 15 is 0 Å². The van der Waals surface area contributed by atoms with Gasteiger partial charge in [-0.2, -0.15) is 0 Å². The summed E-state index contributed by atoms with van der Waals surface area (Å²) in [6.45, 7) is 1.26. The Hall–Kier alpha value is -3.13. The van der Waals surface area contributed by atoms with E-state index in [2.05, 4.69) is 5.32 Å². The maximum absolute atomic E-state index is 11.4. The summed E-state index contributed by atoms with van der Waals surface area (Å²) in [5.41, 5.74) is 1.50. The molecular formula is C21H23NO6S. The number of aliphatic carboxylic acids is 1. The summed E-state index contributed by atoms with van der Waals surface area (Å²) in [4.78, 5) is 22.7. The molecule has 2 aromatic rings. The van der Waals surface area contributed by atoms with Crippen molar-refractivity contribution in [2.24, 2.45) is 0 Å². The van der Waals surface area contributed by atoms with Gasteiger partial charge in [-0.15, -0.1) is 11.8 Å². The first kappa shape index (κ1) is 22.2. The number of phenols is 2. The van der Waals surface area contributed by atoms with Gasteiger partial charge >= 0.3 is 5.97 Å². The first-order valence-corrected chi connectivity index (χ1v) is 9.81. The molecule has 8 heteroatoms. The average molecular weight is 417 g/mol. The van der Waals surface area contributed by atoms with Crippen LogP contribution in [-0.4, -0.2) is 46.1 Å². The molecule has 0 aliphatic heterocycles. The molecule has 7 nitrogen and oxygen atoms in total. The maximum Gasteiger partial charge on any atom is 0.327 e. The topological polar surface area (TPSA) is 116 Å². The molecule has 2 aromatic carbocycles. The Labute approximate surface area is 173 Å². The molecule has 1 amide bonds. The number of carboxylic acid groups (broad SMARTS) is 1. The van der Waals surface area contributed by atoms with Crippen LogP contribution in [0.3, 0.4) is 0 Å². The van der Waals surface area contributed by atoms with Crippen molar-refractivity contribution in [1.82, 2.24) is 5.32 Å². The van der Waals surface area contributed by atoms with Crippen molar-refractivity contribution in [2.45, 2.75) is 18.2 Å². The number of hydrogen-bond acceptors (Lipinski definition) is 6. The van der Waals surface area contributed by atoms with Crippen molar-refractivity contribution >= 4 is 29.7 Å². The lowest BCUT2D eigenvalue weighted by atomic mass is 10.1. The third kappa shape index (κ3) is 6.46. The minimum atomic E-state index is -1.14. The Morgan fingerprint density at radius 2 is 1.83 bits per heavy atom. The molecular weight excluding hydrogens is 394 g/mol. The molecule has 0 aliphatic rings. The van der Waals surface area contributed by atoms with Gasteiger partial charge < -0.3 is 25.4 Å². The van der Waals surface area contributed by atoms with Gasteiger partial charge in [0.2, 0.25) is 5.91 Å². The van der Waals surface area contributed by atoms with Crippen molar-refractivity contribution in [1.29, 1.82) is 0 Å². The minimum absolute atomic E-state index is 0.0868. The third-order valence-corrected chi connectivity index (χ3v) is 5.31. The summed E-state index contributed by atoms with van der Waals surface area (Å²) >= 11 is 1.26. The molecule has 0 bridgehead atoms. The molecule has 0 aliphatic carbocycles. The lowest BCUT2D eigenvalue weighted by Crippen LogP contribution is -2.41. The standard InChI is InChI=1S/C21H23NO6S/c1-13(23)22-16(21(26)27)12-29-20(9-8-14-6-4-3-5-7-14)15-10-17(24)18(25)11-19(15)28-2/h3-11,16,20,24-25H,12H2,1-2H3,(H,22,23)(H,26,27)/b9-8+. The summed E-state index contributed by atoms with van der Waals surface area (Å²) in [6.07, 6.45) is 3.72. The first-order chi connectivity index (χ1) is 13.8. The molecule has 0 saturated heterocycles. The van der Waals surface area contributed by atoms with Crippen LogP contribution in [-0.2, 0) is 9.59 Å². The summed E-state index contributed by atoms with van der Waals surface area (Å²) in [6, 6.07) is 11.1. The monoisotopic (exact) mass is 417 g/mol. The molecule has 2 rings (SSSR count). The minimum Gasteiger partial charge on any atom is -0.504 e. The van der Waals surface area contributed by atoms with E-state index in [1.54, 1.807) is 0 Å². The number of carbonyl (C=O) groups excluding carboxylic acids is 1. The number of phenolic OH excluding ortho intramolecular Hbond substituents is 2. The van der Waals surface area contributed by atoms with Crippen LogP contribution >= 0.6 is 11.8 Å². The number of nitrogens with one attached hydrogen (secondary N) is 1. The van der Waals surface area contributed by atoms with Crippen molar-refractivity contribution in [3.05, 3.63) is 59.7 Å². The second kappa shape index (κ2) is 10.4. The zero-order valence-electron chi connectivity index (χ0n) is 16.0. The molecule has 4 N–H and O–H groups in total. The van der Waals surface area contributed by atoms with Gasteiger partial charge in [0.1, 0.15) is 11.8 Å². The van der Waals surface area contributed by atoms with E-state index in [1.165, 1.54) is 37.9 Å². The molecule has 154 valence electrons. The van der Waals surface area contributed by atoms with E-state index in [1.807, 2.05) is 42.5 Å². The van der Waals surface area contributed by atoms with Gasteiger partial charge in [-0.05, 0) is 11.6 Å². The first-order valence-electron chi connectivity index (χ1n) is 8.76. The van der Waals surface area contributed by atoms with Crippen LogP contribution in [0.25, 0.3) is 6.08 Å². The molecule has 0 heterocycles. The summed E-state index contributed by atoms with van der Waals surface area (Å²) in [5, 5.41) is 31.1. The molecule has 2 atom stereocenters. The molecule has 0 spiro atoms. The van der Waals surface area contributed by atoms with Crippen molar-refractivity contribution in [2.75, 3.05) is 12.9 Å². The number of carbonyl (C=O) groups is 2. The summed E-state index contributed by atoms with van der Waals surface area (Å²) < 4.78 is 5.33. The highest BCUT2D eigenvalue weighted by molar-refractivity contribution is 7.99. The summed E-state index contributed by atoms with van der Waals surface area (Å²) in [7, 11) is 1.44.